The minimum Gasteiger partial charge on any atom is -0.508 e. The second-order valence-electron chi connectivity index (χ2n) is 9.66. The van der Waals surface area contributed by atoms with E-state index in [0.717, 1.165) is 6.07 Å². The van der Waals surface area contributed by atoms with Gasteiger partial charge in [0, 0.05) is 23.2 Å². The Morgan fingerprint density at radius 2 is 1.58 bits per heavy atom. The van der Waals surface area contributed by atoms with Gasteiger partial charge in [-0.2, -0.15) is 13.5 Å². The lowest BCUT2D eigenvalue weighted by atomic mass is 10.1. The number of phenols is 2. The molecule has 13 nitrogen and oxygen atoms in total. The SMILES string of the molecule is COc1cc(O)ccc1N=Nc1cc(OCCOC(C)C)c(N=Nc2c(S(=O)(=O)O)cc3cc(N)ccc3c2O)cc1C. The van der Waals surface area contributed by atoms with E-state index in [1.165, 1.54) is 37.4 Å². The van der Waals surface area contributed by atoms with Crippen LogP contribution >= 0.6 is 0 Å². The van der Waals surface area contributed by atoms with Crippen LogP contribution in [0.25, 0.3) is 10.8 Å². The molecule has 0 unspecified atom stereocenters. The van der Waals surface area contributed by atoms with Crippen molar-refractivity contribution in [2.75, 3.05) is 26.1 Å². The lowest BCUT2D eigenvalue weighted by Crippen LogP contribution is -2.11. The Balaban J connectivity index is 1.78. The van der Waals surface area contributed by atoms with Crippen molar-refractivity contribution in [2.24, 2.45) is 20.5 Å². The van der Waals surface area contributed by atoms with E-state index in [9.17, 15) is 23.2 Å². The number of hydrogen-bond acceptors (Lipinski definition) is 12. The summed E-state index contributed by atoms with van der Waals surface area (Å²) in [6, 6.07) is 13.2. The number of aryl methyl sites for hydroxylation is 1. The van der Waals surface area contributed by atoms with Crippen LogP contribution in [0.3, 0.4) is 0 Å². The molecule has 0 aromatic heterocycles. The van der Waals surface area contributed by atoms with Crippen molar-refractivity contribution in [1.29, 1.82) is 0 Å². The van der Waals surface area contributed by atoms with E-state index in [1.54, 1.807) is 25.1 Å². The molecule has 0 bridgehead atoms. The zero-order valence-electron chi connectivity index (χ0n) is 23.8. The van der Waals surface area contributed by atoms with Crippen molar-refractivity contribution in [3.63, 3.8) is 0 Å². The standard InChI is InChI=1S/C29H31N5O8S/c1-16(2)41-9-10-42-26-15-23(32-31-22-8-6-20(35)14-25(22)40-4)17(3)11-24(26)33-34-28-27(43(37,38)39)13-18-12-19(30)5-7-21(18)29(28)36/h5-8,11-16,35-36H,9-10,30H2,1-4H3,(H,37,38,39). The van der Waals surface area contributed by atoms with Crippen molar-refractivity contribution in [1.82, 2.24) is 0 Å². The number of nitrogens with zero attached hydrogens (tertiary/aromatic N) is 4. The van der Waals surface area contributed by atoms with Crippen molar-refractivity contribution in [2.45, 2.75) is 31.8 Å². The molecule has 0 spiro atoms. The number of aromatic hydroxyl groups is 2. The molecular weight excluding hydrogens is 578 g/mol. The number of rotatable bonds is 11. The molecule has 0 fully saturated rings. The highest BCUT2D eigenvalue weighted by atomic mass is 32.2. The Hall–Kier alpha value is -4.79. The van der Waals surface area contributed by atoms with E-state index in [-0.39, 0.29) is 47.3 Å². The molecule has 0 heterocycles. The van der Waals surface area contributed by atoms with Gasteiger partial charge in [0.1, 0.15) is 45.8 Å². The zero-order valence-corrected chi connectivity index (χ0v) is 24.7. The van der Waals surface area contributed by atoms with Crippen LogP contribution in [-0.2, 0) is 14.9 Å². The number of benzene rings is 4. The van der Waals surface area contributed by atoms with Crippen LogP contribution in [0.15, 0.2) is 79.9 Å². The molecule has 43 heavy (non-hydrogen) atoms. The number of nitrogen functional groups attached to an aromatic ring is 1. The van der Waals surface area contributed by atoms with E-state index < -0.39 is 26.5 Å². The van der Waals surface area contributed by atoms with Gasteiger partial charge in [-0.3, -0.25) is 4.55 Å². The summed E-state index contributed by atoms with van der Waals surface area (Å²) < 4.78 is 51.1. The van der Waals surface area contributed by atoms with Gasteiger partial charge in [-0.05, 0) is 74.2 Å². The largest absolute Gasteiger partial charge is 0.508 e. The lowest BCUT2D eigenvalue weighted by Gasteiger charge is -2.13. The first kappa shape index (κ1) is 31.2. The third-order valence-corrected chi connectivity index (χ3v) is 6.98. The third kappa shape index (κ3) is 7.54. The quantitative estimate of drug-likeness (QED) is 0.0596. The Morgan fingerprint density at radius 3 is 2.28 bits per heavy atom. The van der Waals surface area contributed by atoms with Gasteiger partial charge in [-0.15, -0.1) is 15.3 Å². The van der Waals surface area contributed by atoms with E-state index >= 15 is 0 Å². The number of hydrogen-bond donors (Lipinski definition) is 4. The molecular formula is C29H31N5O8S. The molecule has 0 saturated carbocycles. The van der Waals surface area contributed by atoms with Gasteiger partial charge < -0.3 is 30.2 Å². The van der Waals surface area contributed by atoms with Crippen LogP contribution in [0.5, 0.6) is 23.0 Å². The molecule has 4 aromatic carbocycles. The number of anilines is 1. The molecule has 4 rings (SSSR count). The number of azo groups is 2. The maximum absolute atomic E-state index is 12.2. The summed E-state index contributed by atoms with van der Waals surface area (Å²) in [6.45, 7) is 5.93. The van der Waals surface area contributed by atoms with Gasteiger partial charge in [0.15, 0.2) is 5.75 Å². The van der Waals surface area contributed by atoms with E-state index in [2.05, 4.69) is 20.5 Å². The van der Waals surface area contributed by atoms with Gasteiger partial charge in [0.25, 0.3) is 10.1 Å². The Labute approximate surface area is 248 Å². The molecule has 0 aliphatic carbocycles. The molecule has 0 aliphatic heterocycles. The molecule has 0 aliphatic rings. The van der Waals surface area contributed by atoms with Crippen LogP contribution in [-0.4, -0.2) is 49.6 Å². The average Bonchev–Trinajstić information content (AvgIpc) is 2.94. The summed E-state index contributed by atoms with van der Waals surface area (Å²) in [5, 5.41) is 37.9. The first-order chi connectivity index (χ1) is 20.4. The summed E-state index contributed by atoms with van der Waals surface area (Å²) >= 11 is 0. The molecule has 226 valence electrons. The normalized spacial score (nSPS) is 12.1. The van der Waals surface area contributed by atoms with E-state index in [0.29, 0.717) is 28.4 Å². The predicted molar refractivity (Wildman–Crippen MR) is 161 cm³/mol. The molecule has 14 heteroatoms. The van der Waals surface area contributed by atoms with Gasteiger partial charge in [-0.1, -0.05) is 0 Å². The second-order valence-corrected chi connectivity index (χ2v) is 11.0. The van der Waals surface area contributed by atoms with Gasteiger partial charge in [0.2, 0.25) is 0 Å². The molecule has 0 radical (unpaired) electrons. The molecule has 5 N–H and O–H groups in total. The number of ether oxygens (including phenoxy) is 3. The average molecular weight is 610 g/mol. The van der Waals surface area contributed by atoms with Gasteiger partial charge in [0.05, 0.1) is 25.5 Å². The molecule has 0 saturated heterocycles. The Bertz CT molecular complexity index is 1820. The maximum Gasteiger partial charge on any atom is 0.296 e. The minimum atomic E-state index is -4.81. The first-order valence-electron chi connectivity index (χ1n) is 13.0. The fraction of sp³-hybridized carbons (Fsp3) is 0.241. The fourth-order valence-corrected chi connectivity index (χ4v) is 4.68. The molecule has 0 amide bonds. The monoisotopic (exact) mass is 609 g/mol. The van der Waals surface area contributed by atoms with Crippen LogP contribution in [0.4, 0.5) is 28.4 Å². The summed E-state index contributed by atoms with van der Waals surface area (Å²) in [5.74, 6) is 0.0443. The number of phenolic OH excluding ortho intramolecular Hbond substituents is 2. The van der Waals surface area contributed by atoms with Crippen molar-refractivity contribution in [3.05, 3.63) is 60.2 Å². The Kier molecular flexibility index (Phi) is 9.43. The molecule has 0 atom stereocenters. The Morgan fingerprint density at radius 1 is 0.860 bits per heavy atom. The number of fused-ring (bicyclic) bond motifs is 1. The third-order valence-electron chi connectivity index (χ3n) is 6.11. The van der Waals surface area contributed by atoms with Crippen LogP contribution in [0.1, 0.15) is 19.4 Å². The van der Waals surface area contributed by atoms with Crippen LogP contribution in [0.2, 0.25) is 0 Å². The summed E-state index contributed by atoms with van der Waals surface area (Å²) in [5.41, 5.74) is 7.25. The van der Waals surface area contributed by atoms with Crippen molar-refractivity contribution >= 4 is 49.3 Å². The van der Waals surface area contributed by atoms with Crippen molar-refractivity contribution < 1.29 is 37.4 Å². The van der Waals surface area contributed by atoms with E-state index in [4.69, 9.17) is 19.9 Å². The van der Waals surface area contributed by atoms with Crippen LogP contribution in [0, 0.1) is 6.92 Å². The highest BCUT2D eigenvalue weighted by molar-refractivity contribution is 7.86. The fourth-order valence-electron chi connectivity index (χ4n) is 4.02. The van der Waals surface area contributed by atoms with E-state index in [1.807, 2.05) is 13.8 Å². The lowest BCUT2D eigenvalue weighted by molar-refractivity contribution is 0.0554. The highest BCUT2D eigenvalue weighted by Crippen LogP contribution is 2.43. The predicted octanol–water partition coefficient (Wildman–Crippen LogP) is 7.03. The van der Waals surface area contributed by atoms with Crippen molar-refractivity contribution in [3.8, 4) is 23.0 Å². The summed E-state index contributed by atoms with van der Waals surface area (Å²) in [7, 11) is -3.37. The molecule has 4 aromatic rings. The first-order valence-corrected chi connectivity index (χ1v) is 14.4. The minimum absolute atomic E-state index is 0.0136. The number of methoxy groups -OCH3 is 1. The van der Waals surface area contributed by atoms with Gasteiger partial charge >= 0.3 is 0 Å². The second kappa shape index (κ2) is 13.0. The smallest absolute Gasteiger partial charge is 0.296 e. The summed E-state index contributed by atoms with van der Waals surface area (Å²) in [6.07, 6.45) is -0.0180. The summed E-state index contributed by atoms with van der Waals surface area (Å²) in [4.78, 5) is -0.648. The zero-order chi connectivity index (χ0) is 31.3. The highest BCUT2D eigenvalue weighted by Gasteiger charge is 2.22. The number of nitrogens with two attached hydrogens (primary N) is 1. The topological polar surface area (TPSA) is 198 Å². The van der Waals surface area contributed by atoms with Crippen LogP contribution < -0.4 is 15.2 Å². The van der Waals surface area contributed by atoms with Gasteiger partial charge in [-0.25, -0.2) is 0 Å². The maximum atomic E-state index is 12.2.